The molecular weight excluding hydrogens is 1060 g/mol. The fraction of sp³-hybridized carbons (Fsp3) is 0. The first-order chi connectivity index (χ1) is 40.7. The van der Waals surface area contributed by atoms with Gasteiger partial charge in [0.15, 0.2) is 0 Å². The Morgan fingerprint density at radius 1 is 0.277 bits per heavy atom. The van der Waals surface area contributed by atoms with Gasteiger partial charge in [0.2, 0.25) is 0 Å². The Bertz CT molecular complexity index is 4060. The molecule has 4 aromatic heterocycles. The van der Waals surface area contributed by atoms with Crippen LogP contribution in [0.25, 0.3) is 67.1 Å². The van der Waals surface area contributed by atoms with E-state index in [9.17, 15) is 0 Å². The van der Waals surface area contributed by atoms with Crippen LogP contribution < -0.4 is 9.97 Å². The van der Waals surface area contributed by atoms with E-state index in [4.69, 9.17) is 29.9 Å². The standard InChI is InChI=1S/2C38H26N3.Zn/c2*1-5-15-27(16-6-1)31-25-34(29-19-9-3-10-20-29)40-37(31)36(33-23-13-14-24-39-33)38-32(28-17-7-2-8-18-28)26-35(41-38)30-21-11-4-12-22-30;/h2*1-26H;/q2*-1;+2/b2*37-36-;. The van der Waals surface area contributed by atoms with E-state index in [-0.39, 0.29) is 19.5 Å². The molecule has 8 aromatic carbocycles. The number of aromatic nitrogens is 4. The molecule has 7 heteroatoms. The molecular formula is C76H52N6Zn. The van der Waals surface area contributed by atoms with Gasteiger partial charge in [-0.15, -0.1) is 22.8 Å². The Hall–Kier alpha value is -10.5. The van der Waals surface area contributed by atoms with Gasteiger partial charge in [-0.2, -0.15) is 0 Å². The normalized spacial score (nSPS) is 13.8. The summed E-state index contributed by atoms with van der Waals surface area (Å²) in [5.74, 6) is 0. The van der Waals surface area contributed by atoms with E-state index in [0.29, 0.717) is 0 Å². The van der Waals surface area contributed by atoms with Crippen LogP contribution in [0.15, 0.2) is 337 Å². The first-order valence-corrected chi connectivity index (χ1v) is 27.4. The van der Waals surface area contributed by atoms with Gasteiger partial charge >= 0.3 is 19.5 Å². The average Bonchev–Trinajstić information content (AvgIpc) is 4.61. The fourth-order valence-corrected chi connectivity index (χ4v) is 10.5. The summed E-state index contributed by atoms with van der Waals surface area (Å²) >= 11 is 0. The summed E-state index contributed by atoms with van der Waals surface area (Å²) in [6.45, 7) is 0. The monoisotopic (exact) mass is 1110 g/mol. The van der Waals surface area contributed by atoms with Crippen LogP contribution in [-0.4, -0.2) is 21.4 Å². The third-order valence-electron chi connectivity index (χ3n) is 14.5. The summed E-state index contributed by atoms with van der Waals surface area (Å²) in [6, 6.07) is 99.5. The van der Waals surface area contributed by atoms with E-state index >= 15 is 0 Å². The summed E-state index contributed by atoms with van der Waals surface area (Å²) in [4.78, 5) is 30.9. The SMILES string of the molecule is C1=C(c2ccccc2)/C(=C(\c2ccccn2)c2[n-]c(-c3ccccc3)cc2-c2ccccc2)N=C1c1ccccc1.C1=C(c2ccccc2)/C(=C(\c2ccccn2)c2[n-]c(-c3ccccc3)cc2-c2ccccc2)N=C1c1ccccc1.[Zn+2]. The second-order valence-corrected chi connectivity index (χ2v) is 19.7. The molecule has 0 N–H and O–H groups in total. The van der Waals surface area contributed by atoms with Crippen LogP contribution >= 0.6 is 0 Å². The van der Waals surface area contributed by atoms with Crippen LogP contribution in [0.5, 0.6) is 0 Å². The van der Waals surface area contributed by atoms with Gasteiger partial charge in [0.05, 0.1) is 34.2 Å². The van der Waals surface area contributed by atoms with E-state index in [1.165, 1.54) is 0 Å². The molecule has 83 heavy (non-hydrogen) atoms. The maximum atomic E-state index is 5.31. The average molecular weight is 1110 g/mol. The molecule has 2 aliphatic rings. The van der Waals surface area contributed by atoms with Crippen molar-refractivity contribution in [2.45, 2.75) is 0 Å². The zero-order valence-corrected chi connectivity index (χ0v) is 48.4. The minimum atomic E-state index is 0. The molecule has 0 saturated carbocycles. The molecule has 0 fully saturated rings. The van der Waals surface area contributed by atoms with E-state index in [1.807, 2.05) is 146 Å². The van der Waals surface area contributed by atoms with Gasteiger partial charge in [-0.3, -0.25) is 9.97 Å². The third kappa shape index (κ3) is 11.5. The number of nitrogens with zero attached hydrogens (tertiary/aromatic N) is 6. The van der Waals surface area contributed by atoms with Gasteiger partial charge in [0.25, 0.3) is 0 Å². The maximum absolute atomic E-state index is 5.31. The number of hydrogen-bond acceptors (Lipinski definition) is 4. The van der Waals surface area contributed by atoms with Crippen molar-refractivity contribution in [3.05, 3.63) is 372 Å². The molecule has 388 valence electrons. The molecule has 0 radical (unpaired) electrons. The van der Waals surface area contributed by atoms with Crippen LogP contribution in [-0.2, 0) is 19.5 Å². The Kier molecular flexibility index (Phi) is 16.0. The molecule has 14 rings (SSSR count). The topological polar surface area (TPSA) is 78.7 Å². The molecule has 2 aliphatic heterocycles. The summed E-state index contributed by atoms with van der Waals surface area (Å²) in [5, 5.41) is 0. The van der Waals surface area contributed by atoms with Crippen molar-refractivity contribution in [1.29, 1.82) is 0 Å². The minimum absolute atomic E-state index is 0. The van der Waals surface area contributed by atoms with Gasteiger partial charge in [-0.25, -0.2) is 9.98 Å². The summed E-state index contributed by atoms with van der Waals surface area (Å²) in [5.41, 5.74) is 23.5. The number of rotatable bonds is 12. The molecule has 0 amide bonds. The predicted octanol–water partition coefficient (Wildman–Crippen LogP) is 17.4. The van der Waals surface area contributed by atoms with Crippen LogP contribution in [0, 0.1) is 0 Å². The largest absolute Gasteiger partial charge is 2.00 e. The maximum Gasteiger partial charge on any atom is 2.00 e. The van der Waals surface area contributed by atoms with Gasteiger partial charge in [0.1, 0.15) is 0 Å². The van der Waals surface area contributed by atoms with Gasteiger partial charge in [-0.05, 0) is 80.9 Å². The molecule has 0 atom stereocenters. The van der Waals surface area contributed by atoms with Gasteiger partial charge in [-0.1, -0.05) is 267 Å². The van der Waals surface area contributed by atoms with E-state index in [2.05, 4.69) is 170 Å². The Balaban J connectivity index is 0.000000162. The Morgan fingerprint density at radius 3 is 0.855 bits per heavy atom. The van der Waals surface area contributed by atoms with Crippen molar-refractivity contribution in [2.75, 3.05) is 0 Å². The molecule has 0 bridgehead atoms. The molecule has 6 heterocycles. The van der Waals surface area contributed by atoms with Gasteiger partial charge < -0.3 is 9.97 Å². The number of allylic oxidation sites excluding steroid dienone is 4. The summed E-state index contributed by atoms with van der Waals surface area (Å²) < 4.78 is 0. The fourth-order valence-electron chi connectivity index (χ4n) is 10.5. The van der Waals surface area contributed by atoms with Crippen LogP contribution in [0.4, 0.5) is 0 Å². The number of pyridine rings is 2. The molecule has 0 spiro atoms. The second kappa shape index (κ2) is 24.9. The quantitative estimate of drug-likeness (QED) is 0.114. The Labute approximate surface area is 496 Å². The first-order valence-electron chi connectivity index (χ1n) is 27.4. The van der Waals surface area contributed by atoms with Gasteiger partial charge in [0, 0.05) is 45.8 Å². The zero-order chi connectivity index (χ0) is 54.9. The number of aliphatic imine (C=N–C) groups is 2. The predicted molar refractivity (Wildman–Crippen MR) is 337 cm³/mol. The molecule has 0 saturated heterocycles. The van der Waals surface area contributed by atoms with E-state index in [0.717, 1.165) is 135 Å². The smallest absolute Gasteiger partial charge is 0.656 e. The molecule has 0 aliphatic carbocycles. The number of benzene rings is 8. The summed E-state index contributed by atoms with van der Waals surface area (Å²) in [6.07, 6.45) is 8.04. The van der Waals surface area contributed by atoms with Crippen molar-refractivity contribution >= 4 is 33.7 Å². The third-order valence-corrected chi connectivity index (χ3v) is 14.5. The zero-order valence-electron chi connectivity index (χ0n) is 45.4. The Morgan fingerprint density at radius 2 is 0.554 bits per heavy atom. The van der Waals surface area contributed by atoms with Crippen molar-refractivity contribution in [3.63, 3.8) is 0 Å². The van der Waals surface area contributed by atoms with E-state index < -0.39 is 0 Å². The van der Waals surface area contributed by atoms with Crippen molar-refractivity contribution in [1.82, 2.24) is 19.9 Å². The molecule has 0 unspecified atom stereocenters. The molecule has 6 nitrogen and oxygen atoms in total. The minimum Gasteiger partial charge on any atom is -0.656 e. The first kappa shape index (κ1) is 53.2. The van der Waals surface area contributed by atoms with Crippen molar-refractivity contribution in [3.8, 4) is 44.8 Å². The second-order valence-electron chi connectivity index (χ2n) is 19.7. The number of hydrogen-bond donors (Lipinski definition) is 0. The summed E-state index contributed by atoms with van der Waals surface area (Å²) in [7, 11) is 0. The van der Waals surface area contributed by atoms with Crippen LogP contribution in [0.1, 0.15) is 45.0 Å². The van der Waals surface area contributed by atoms with Crippen molar-refractivity contribution in [2.24, 2.45) is 9.98 Å². The van der Waals surface area contributed by atoms with Crippen LogP contribution in [0.2, 0.25) is 0 Å². The molecule has 12 aromatic rings. The van der Waals surface area contributed by atoms with E-state index in [1.54, 1.807) is 0 Å². The van der Waals surface area contributed by atoms with Crippen LogP contribution in [0.3, 0.4) is 0 Å². The van der Waals surface area contributed by atoms with Crippen molar-refractivity contribution < 1.29 is 19.5 Å².